The lowest BCUT2D eigenvalue weighted by Crippen LogP contribution is -2.57. The van der Waals surface area contributed by atoms with Crippen LogP contribution in [0.4, 0.5) is 4.79 Å². The molecule has 110 valence electrons. The molecule has 2 aliphatic heterocycles. The van der Waals surface area contributed by atoms with Crippen LogP contribution in [0.2, 0.25) is 0 Å². The van der Waals surface area contributed by atoms with E-state index in [4.69, 9.17) is 4.74 Å². The maximum absolute atomic E-state index is 11.6. The third-order valence-corrected chi connectivity index (χ3v) is 3.30. The number of carbonyl (C=O) groups excluding carboxylic acids is 3. The van der Waals surface area contributed by atoms with Crippen molar-refractivity contribution in [3.8, 4) is 0 Å². The average molecular weight is 282 g/mol. The molecule has 0 aromatic carbocycles. The van der Waals surface area contributed by atoms with Gasteiger partial charge in [0.2, 0.25) is 11.8 Å². The van der Waals surface area contributed by atoms with Crippen molar-refractivity contribution in [2.75, 3.05) is 39.4 Å². The number of carbonyl (C=O) groups is 3. The van der Waals surface area contributed by atoms with Gasteiger partial charge in [-0.25, -0.2) is 4.79 Å². The highest BCUT2D eigenvalue weighted by molar-refractivity contribution is 6.27. The molecule has 0 aromatic heterocycles. The standard InChI is InChI=1S/C12H18N4O4/c1-8(9-10(17)14-12(19)15-11(9)18)13-2-3-16-4-6-20-7-5-16/h9H,2-7H2,1H3,(H2,14,15,17,18,19). The highest BCUT2D eigenvalue weighted by Crippen LogP contribution is 2.05. The van der Waals surface area contributed by atoms with Gasteiger partial charge in [0, 0.05) is 25.3 Å². The minimum atomic E-state index is -1.02. The van der Waals surface area contributed by atoms with Crippen LogP contribution >= 0.6 is 0 Å². The van der Waals surface area contributed by atoms with Gasteiger partial charge in [-0.1, -0.05) is 0 Å². The molecule has 0 spiro atoms. The van der Waals surface area contributed by atoms with Crippen LogP contribution in [0.1, 0.15) is 6.92 Å². The van der Waals surface area contributed by atoms with E-state index >= 15 is 0 Å². The number of aliphatic imine (C=N–C) groups is 1. The fourth-order valence-electron chi connectivity index (χ4n) is 2.18. The zero-order valence-electron chi connectivity index (χ0n) is 11.3. The Balaban J connectivity index is 1.87. The van der Waals surface area contributed by atoms with E-state index in [1.807, 2.05) is 0 Å². The molecule has 0 aliphatic carbocycles. The fourth-order valence-corrected chi connectivity index (χ4v) is 2.18. The molecule has 0 atom stereocenters. The molecular formula is C12H18N4O4. The third kappa shape index (κ3) is 3.61. The minimum absolute atomic E-state index is 0.417. The lowest BCUT2D eigenvalue weighted by Gasteiger charge is -2.26. The minimum Gasteiger partial charge on any atom is -0.379 e. The van der Waals surface area contributed by atoms with Gasteiger partial charge in [-0.15, -0.1) is 0 Å². The first-order chi connectivity index (χ1) is 9.58. The molecule has 20 heavy (non-hydrogen) atoms. The van der Waals surface area contributed by atoms with Gasteiger partial charge in [0.1, 0.15) is 0 Å². The Labute approximate surface area is 116 Å². The van der Waals surface area contributed by atoms with E-state index in [1.54, 1.807) is 6.92 Å². The molecule has 0 saturated carbocycles. The van der Waals surface area contributed by atoms with Crippen LogP contribution in [0.25, 0.3) is 0 Å². The SMILES string of the molecule is CC(=NCCN1CCOCC1)C1C(=O)NC(=O)NC1=O. The molecule has 0 unspecified atom stereocenters. The van der Waals surface area contributed by atoms with E-state index in [-0.39, 0.29) is 0 Å². The van der Waals surface area contributed by atoms with Crippen molar-refractivity contribution in [3.05, 3.63) is 0 Å². The molecule has 0 bridgehead atoms. The van der Waals surface area contributed by atoms with E-state index in [2.05, 4.69) is 20.5 Å². The predicted molar refractivity (Wildman–Crippen MR) is 70.4 cm³/mol. The molecule has 4 amide bonds. The summed E-state index contributed by atoms with van der Waals surface area (Å²) in [6.07, 6.45) is 0. The first-order valence-electron chi connectivity index (χ1n) is 6.54. The second kappa shape index (κ2) is 6.58. The van der Waals surface area contributed by atoms with Gasteiger partial charge >= 0.3 is 6.03 Å². The van der Waals surface area contributed by atoms with Crippen molar-refractivity contribution in [1.82, 2.24) is 15.5 Å². The number of barbiturate groups is 1. The lowest BCUT2D eigenvalue weighted by atomic mass is 10.0. The lowest BCUT2D eigenvalue weighted by molar-refractivity contribution is -0.132. The number of hydrogen-bond acceptors (Lipinski definition) is 6. The van der Waals surface area contributed by atoms with Crippen LogP contribution in [-0.4, -0.2) is 67.8 Å². The van der Waals surface area contributed by atoms with Crippen molar-refractivity contribution < 1.29 is 19.1 Å². The van der Waals surface area contributed by atoms with Crippen LogP contribution in [0, 0.1) is 5.92 Å². The summed E-state index contributed by atoms with van der Waals surface area (Å²) in [5.41, 5.74) is 0.417. The second-order valence-electron chi connectivity index (χ2n) is 4.72. The van der Waals surface area contributed by atoms with Gasteiger partial charge in [0.15, 0.2) is 5.92 Å². The number of hydrogen-bond donors (Lipinski definition) is 2. The number of nitrogens with one attached hydrogen (secondary N) is 2. The van der Waals surface area contributed by atoms with Crippen molar-refractivity contribution in [2.24, 2.45) is 10.9 Å². The summed E-state index contributed by atoms with van der Waals surface area (Å²) in [5, 5.41) is 4.13. The van der Waals surface area contributed by atoms with Crippen LogP contribution in [0.5, 0.6) is 0 Å². The summed E-state index contributed by atoms with van der Waals surface area (Å²) >= 11 is 0. The van der Waals surface area contributed by atoms with Crippen LogP contribution in [0.15, 0.2) is 4.99 Å². The fraction of sp³-hybridized carbons (Fsp3) is 0.667. The maximum Gasteiger partial charge on any atom is 0.328 e. The normalized spacial score (nSPS) is 22.6. The first kappa shape index (κ1) is 14.6. The molecule has 8 nitrogen and oxygen atoms in total. The molecule has 2 aliphatic rings. The molecule has 8 heteroatoms. The first-order valence-corrected chi connectivity index (χ1v) is 6.54. The predicted octanol–water partition coefficient (Wildman–Crippen LogP) is -1.24. The van der Waals surface area contributed by atoms with Gasteiger partial charge in [-0.05, 0) is 6.92 Å². The Morgan fingerprint density at radius 3 is 2.45 bits per heavy atom. The van der Waals surface area contributed by atoms with Crippen molar-refractivity contribution in [2.45, 2.75) is 6.92 Å². The summed E-state index contributed by atoms with van der Waals surface area (Å²) in [4.78, 5) is 40.7. The zero-order chi connectivity index (χ0) is 14.5. The summed E-state index contributed by atoms with van der Waals surface area (Å²) in [7, 11) is 0. The third-order valence-electron chi connectivity index (χ3n) is 3.30. The molecule has 2 rings (SSSR count). The smallest absolute Gasteiger partial charge is 0.328 e. The Morgan fingerprint density at radius 2 is 1.85 bits per heavy atom. The van der Waals surface area contributed by atoms with E-state index in [9.17, 15) is 14.4 Å². The highest BCUT2D eigenvalue weighted by Gasteiger charge is 2.36. The number of urea groups is 1. The largest absolute Gasteiger partial charge is 0.379 e. The second-order valence-corrected chi connectivity index (χ2v) is 4.72. The number of ether oxygens (including phenoxy) is 1. The van der Waals surface area contributed by atoms with E-state index in [0.29, 0.717) is 12.3 Å². The number of imide groups is 2. The topological polar surface area (TPSA) is 100 Å². The molecule has 2 fully saturated rings. The number of nitrogens with zero attached hydrogens (tertiary/aromatic N) is 2. The van der Waals surface area contributed by atoms with Crippen LogP contribution < -0.4 is 10.6 Å². The molecule has 2 heterocycles. The molecule has 0 radical (unpaired) electrons. The van der Waals surface area contributed by atoms with Gasteiger partial charge in [0.05, 0.1) is 19.8 Å². The summed E-state index contributed by atoms with van der Waals surface area (Å²) in [5.74, 6) is -2.25. The Kier molecular flexibility index (Phi) is 4.80. The van der Waals surface area contributed by atoms with Gasteiger partial charge in [-0.3, -0.25) is 30.1 Å². The summed E-state index contributed by atoms with van der Waals surface area (Å²) < 4.78 is 5.25. The number of morpholine rings is 1. The van der Waals surface area contributed by atoms with Crippen molar-refractivity contribution in [3.63, 3.8) is 0 Å². The van der Waals surface area contributed by atoms with E-state index in [0.717, 1.165) is 32.8 Å². The summed E-state index contributed by atoms with van der Waals surface area (Å²) in [6, 6.07) is -0.780. The highest BCUT2D eigenvalue weighted by atomic mass is 16.5. The van der Waals surface area contributed by atoms with Crippen molar-refractivity contribution >= 4 is 23.6 Å². The number of rotatable bonds is 4. The quantitative estimate of drug-likeness (QED) is 0.496. The van der Waals surface area contributed by atoms with E-state index in [1.165, 1.54) is 0 Å². The Morgan fingerprint density at radius 1 is 1.25 bits per heavy atom. The molecule has 2 saturated heterocycles. The van der Waals surface area contributed by atoms with E-state index < -0.39 is 23.8 Å². The molecular weight excluding hydrogens is 264 g/mol. The monoisotopic (exact) mass is 282 g/mol. The van der Waals surface area contributed by atoms with Gasteiger partial charge in [-0.2, -0.15) is 0 Å². The van der Waals surface area contributed by atoms with Crippen molar-refractivity contribution in [1.29, 1.82) is 0 Å². The average Bonchev–Trinajstić information content (AvgIpc) is 2.38. The summed E-state index contributed by atoms with van der Waals surface area (Å²) in [6.45, 7) is 6.07. The molecule has 2 N–H and O–H groups in total. The van der Waals surface area contributed by atoms with Gasteiger partial charge in [0.25, 0.3) is 0 Å². The zero-order valence-corrected chi connectivity index (χ0v) is 11.3. The van der Waals surface area contributed by atoms with Crippen LogP contribution in [-0.2, 0) is 14.3 Å². The Bertz CT molecular complexity index is 423. The number of amides is 4. The molecule has 0 aromatic rings. The van der Waals surface area contributed by atoms with Crippen LogP contribution in [0.3, 0.4) is 0 Å². The van der Waals surface area contributed by atoms with Gasteiger partial charge < -0.3 is 4.74 Å². The Hall–Kier alpha value is -1.80. The maximum atomic E-state index is 11.6.